The first-order valence-electron chi connectivity index (χ1n) is 9.63. The molecule has 2 fully saturated rings. The van der Waals surface area contributed by atoms with Gasteiger partial charge in [0.05, 0.1) is 6.54 Å². The second-order valence-electron chi connectivity index (χ2n) is 7.69. The molecule has 0 aromatic rings. The van der Waals surface area contributed by atoms with Crippen molar-refractivity contribution in [3.8, 4) is 0 Å². The van der Waals surface area contributed by atoms with Gasteiger partial charge in [0.1, 0.15) is 0 Å². The summed E-state index contributed by atoms with van der Waals surface area (Å²) in [7, 11) is 4.35. The van der Waals surface area contributed by atoms with Gasteiger partial charge in [-0.25, -0.2) is 0 Å². The maximum Gasteiger partial charge on any atom is 0.225 e. The first kappa shape index (κ1) is 20.0. The molecule has 0 saturated carbocycles. The van der Waals surface area contributed by atoms with Crippen LogP contribution >= 0.6 is 0 Å². The summed E-state index contributed by atoms with van der Waals surface area (Å²) < 4.78 is 0. The fraction of sp³-hybridized carbons (Fsp3) is 0.889. The van der Waals surface area contributed by atoms with E-state index < -0.39 is 0 Å². The number of amides is 1. The molecule has 0 aromatic carbocycles. The summed E-state index contributed by atoms with van der Waals surface area (Å²) in [5.41, 5.74) is 0. The minimum atomic E-state index is 0.0690. The number of nitrogens with one attached hydrogen (secondary N) is 2. The van der Waals surface area contributed by atoms with E-state index in [1.807, 2.05) is 18.7 Å². The SMILES string of the molecule is CCNC(=NCC1CN(C)CCN1C)NC1CCN(C(=O)C(C)C)C1. The third-order valence-electron chi connectivity index (χ3n) is 5.12. The molecule has 2 unspecified atom stereocenters. The second kappa shape index (κ2) is 9.38. The number of rotatable bonds is 5. The first-order chi connectivity index (χ1) is 11.9. The van der Waals surface area contributed by atoms with E-state index in [9.17, 15) is 4.79 Å². The van der Waals surface area contributed by atoms with Crippen molar-refractivity contribution in [2.75, 3.05) is 59.9 Å². The Bertz CT molecular complexity index is 466. The molecular formula is C18H36N6O. The average Bonchev–Trinajstić information content (AvgIpc) is 3.03. The Labute approximate surface area is 152 Å². The predicted octanol–water partition coefficient (Wildman–Crippen LogP) is 0.0442. The molecule has 144 valence electrons. The zero-order valence-corrected chi connectivity index (χ0v) is 16.6. The summed E-state index contributed by atoms with van der Waals surface area (Å²) in [5.74, 6) is 1.19. The highest BCUT2D eigenvalue weighted by atomic mass is 16.2. The van der Waals surface area contributed by atoms with Gasteiger partial charge in [-0.2, -0.15) is 0 Å². The number of likely N-dealkylation sites (N-methyl/N-ethyl adjacent to an activating group) is 2. The number of aliphatic imine (C=N–C) groups is 1. The van der Waals surface area contributed by atoms with E-state index >= 15 is 0 Å². The topological polar surface area (TPSA) is 63.2 Å². The van der Waals surface area contributed by atoms with E-state index in [4.69, 9.17) is 4.99 Å². The molecule has 2 rings (SSSR count). The van der Waals surface area contributed by atoms with E-state index in [-0.39, 0.29) is 17.9 Å². The van der Waals surface area contributed by atoms with Gasteiger partial charge in [0.25, 0.3) is 0 Å². The Morgan fingerprint density at radius 1 is 1.20 bits per heavy atom. The maximum atomic E-state index is 12.1. The van der Waals surface area contributed by atoms with Crippen LogP contribution in [0.4, 0.5) is 0 Å². The molecule has 0 bridgehead atoms. The van der Waals surface area contributed by atoms with Crippen LogP contribution in [0.2, 0.25) is 0 Å². The van der Waals surface area contributed by atoms with Crippen LogP contribution in [0.15, 0.2) is 4.99 Å². The van der Waals surface area contributed by atoms with Gasteiger partial charge in [-0.1, -0.05) is 13.8 Å². The Morgan fingerprint density at radius 2 is 1.96 bits per heavy atom. The highest BCUT2D eigenvalue weighted by molar-refractivity contribution is 5.81. The van der Waals surface area contributed by atoms with E-state index in [2.05, 4.69) is 41.5 Å². The molecule has 2 heterocycles. The summed E-state index contributed by atoms with van der Waals surface area (Å²) in [6, 6.07) is 0.740. The lowest BCUT2D eigenvalue weighted by Crippen LogP contribution is -2.52. The van der Waals surface area contributed by atoms with Gasteiger partial charge >= 0.3 is 0 Å². The molecule has 1 amide bonds. The minimum absolute atomic E-state index is 0.0690. The monoisotopic (exact) mass is 352 g/mol. The molecule has 2 aliphatic rings. The fourth-order valence-electron chi connectivity index (χ4n) is 3.45. The number of guanidine groups is 1. The number of carbonyl (C=O) groups is 1. The van der Waals surface area contributed by atoms with Gasteiger partial charge in [-0.05, 0) is 27.4 Å². The van der Waals surface area contributed by atoms with Gasteiger partial charge in [-0.3, -0.25) is 14.7 Å². The maximum absolute atomic E-state index is 12.1. The molecule has 0 spiro atoms. The molecule has 0 aliphatic carbocycles. The summed E-state index contributed by atoms with van der Waals surface area (Å²) in [6.07, 6.45) is 0.981. The Balaban J connectivity index is 1.88. The van der Waals surface area contributed by atoms with Crippen molar-refractivity contribution in [2.24, 2.45) is 10.9 Å². The molecule has 2 N–H and O–H groups in total. The Hall–Kier alpha value is -1.34. The van der Waals surface area contributed by atoms with Crippen molar-refractivity contribution in [2.45, 2.75) is 39.3 Å². The summed E-state index contributed by atoms with van der Waals surface area (Å²) in [6.45, 7) is 12.5. The number of likely N-dealkylation sites (tertiary alicyclic amines) is 1. The number of piperazine rings is 1. The van der Waals surface area contributed by atoms with Gasteiger partial charge in [-0.15, -0.1) is 0 Å². The van der Waals surface area contributed by atoms with Crippen LogP contribution in [-0.4, -0.2) is 98.6 Å². The number of hydrogen-bond donors (Lipinski definition) is 2. The zero-order chi connectivity index (χ0) is 18.4. The third-order valence-corrected chi connectivity index (χ3v) is 5.12. The Kier molecular flexibility index (Phi) is 7.50. The molecule has 25 heavy (non-hydrogen) atoms. The van der Waals surface area contributed by atoms with Crippen molar-refractivity contribution in [1.82, 2.24) is 25.3 Å². The van der Waals surface area contributed by atoms with Crippen molar-refractivity contribution in [3.63, 3.8) is 0 Å². The van der Waals surface area contributed by atoms with Crippen molar-refractivity contribution in [1.29, 1.82) is 0 Å². The summed E-state index contributed by atoms with van der Waals surface area (Å²) in [5, 5.41) is 6.86. The van der Waals surface area contributed by atoms with Gasteiger partial charge < -0.3 is 20.4 Å². The average molecular weight is 353 g/mol. The highest BCUT2D eigenvalue weighted by Crippen LogP contribution is 2.13. The van der Waals surface area contributed by atoms with Crippen LogP contribution < -0.4 is 10.6 Å². The molecule has 2 aliphatic heterocycles. The number of nitrogens with zero attached hydrogens (tertiary/aromatic N) is 4. The third kappa shape index (κ3) is 5.85. The molecule has 7 nitrogen and oxygen atoms in total. The molecule has 2 saturated heterocycles. The van der Waals surface area contributed by atoms with Crippen LogP contribution in [0.3, 0.4) is 0 Å². The molecule has 0 radical (unpaired) electrons. The van der Waals surface area contributed by atoms with Gasteiger partial charge in [0, 0.05) is 57.3 Å². The smallest absolute Gasteiger partial charge is 0.225 e. The predicted molar refractivity (Wildman–Crippen MR) is 103 cm³/mol. The molecule has 0 aromatic heterocycles. The van der Waals surface area contributed by atoms with Crippen LogP contribution in [0.5, 0.6) is 0 Å². The normalized spacial score (nSPS) is 26.3. The van der Waals surface area contributed by atoms with Crippen molar-refractivity contribution < 1.29 is 4.79 Å². The minimum Gasteiger partial charge on any atom is -0.357 e. The number of carbonyl (C=O) groups excluding carboxylic acids is 1. The summed E-state index contributed by atoms with van der Waals surface area (Å²) in [4.78, 5) is 23.7. The van der Waals surface area contributed by atoms with Crippen molar-refractivity contribution in [3.05, 3.63) is 0 Å². The second-order valence-corrected chi connectivity index (χ2v) is 7.69. The molecule has 7 heteroatoms. The molecular weight excluding hydrogens is 316 g/mol. The van der Waals surface area contributed by atoms with E-state index in [1.165, 1.54) is 0 Å². The lowest BCUT2D eigenvalue weighted by molar-refractivity contribution is -0.133. The lowest BCUT2D eigenvalue weighted by atomic mass is 10.2. The van der Waals surface area contributed by atoms with Crippen LogP contribution in [-0.2, 0) is 4.79 Å². The number of hydrogen-bond acceptors (Lipinski definition) is 4. The summed E-state index contributed by atoms with van der Waals surface area (Å²) >= 11 is 0. The van der Waals surface area contributed by atoms with Crippen LogP contribution in [0.25, 0.3) is 0 Å². The van der Waals surface area contributed by atoms with Gasteiger partial charge in [0.15, 0.2) is 5.96 Å². The lowest BCUT2D eigenvalue weighted by Gasteiger charge is -2.37. The Morgan fingerprint density at radius 3 is 2.64 bits per heavy atom. The fourth-order valence-corrected chi connectivity index (χ4v) is 3.45. The van der Waals surface area contributed by atoms with Crippen LogP contribution in [0.1, 0.15) is 27.2 Å². The first-order valence-corrected chi connectivity index (χ1v) is 9.63. The highest BCUT2D eigenvalue weighted by Gasteiger charge is 2.28. The van der Waals surface area contributed by atoms with E-state index in [1.54, 1.807) is 0 Å². The van der Waals surface area contributed by atoms with Gasteiger partial charge in [0.2, 0.25) is 5.91 Å². The quantitative estimate of drug-likeness (QED) is 0.541. The van der Waals surface area contributed by atoms with E-state index in [0.717, 1.165) is 58.2 Å². The largest absolute Gasteiger partial charge is 0.357 e. The van der Waals surface area contributed by atoms with Crippen molar-refractivity contribution >= 4 is 11.9 Å². The standard InChI is InChI=1S/C18H36N6O/c1-6-19-18(20-11-16-13-22(4)9-10-23(16)5)21-15-7-8-24(12-15)17(25)14(2)3/h14-16H,6-13H2,1-5H3,(H2,19,20,21). The van der Waals surface area contributed by atoms with E-state index in [0.29, 0.717) is 6.04 Å². The van der Waals surface area contributed by atoms with Crippen LogP contribution in [0, 0.1) is 5.92 Å². The molecule has 2 atom stereocenters. The zero-order valence-electron chi connectivity index (χ0n) is 16.6.